The fourth-order valence-corrected chi connectivity index (χ4v) is 2.39. The Kier molecular flexibility index (Phi) is 4.90. The maximum absolute atomic E-state index is 11.9. The number of hydrogen-bond acceptors (Lipinski definition) is 4. The number of nitrogens with one attached hydrogen (secondary N) is 1. The zero-order chi connectivity index (χ0) is 13.7. The van der Waals surface area contributed by atoms with Crippen LogP contribution in [-0.4, -0.2) is 42.2 Å². The van der Waals surface area contributed by atoms with Gasteiger partial charge in [-0.3, -0.25) is 9.69 Å². The van der Waals surface area contributed by atoms with Crippen LogP contribution in [0.3, 0.4) is 0 Å². The number of carbonyl (C=O) groups is 1. The molecule has 5 heteroatoms. The summed E-state index contributed by atoms with van der Waals surface area (Å²) in [6, 6.07) is 7.56. The first-order valence-electron chi connectivity index (χ1n) is 6.63. The molecule has 0 bridgehead atoms. The molecule has 1 heterocycles. The second-order valence-electron chi connectivity index (χ2n) is 5.03. The summed E-state index contributed by atoms with van der Waals surface area (Å²) in [6.07, 6.45) is 0.965. The number of anilines is 1. The van der Waals surface area contributed by atoms with Crippen LogP contribution < -0.4 is 11.1 Å². The quantitative estimate of drug-likeness (QED) is 0.718. The van der Waals surface area contributed by atoms with E-state index in [0.29, 0.717) is 19.0 Å². The molecule has 19 heavy (non-hydrogen) atoms. The zero-order valence-electron chi connectivity index (χ0n) is 11.0. The van der Waals surface area contributed by atoms with Crippen molar-refractivity contribution in [2.24, 2.45) is 11.7 Å². The highest BCUT2D eigenvalue weighted by atomic mass is 16.3. The molecule has 1 fully saturated rings. The number of aliphatic hydroxyl groups excluding tert-OH is 1. The van der Waals surface area contributed by atoms with Gasteiger partial charge in [-0.05, 0) is 36.6 Å². The van der Waals surface area contributed by atoms with Crippen LogP contribution in [0.15, 0.2) is 24.3 Å². The van der Waals surface area contributed by atoms with Crippen molar-refractivity contribution in [3.63, 3.8) is 0 Å². The molecule has 0 saturated carbocycles. The molecule has 5 nitrogen and oxygen atoms in total. The van der Waals surface area contributed by atoms with Crippen LogP contribution in [0.25, 0.3) is 0 Å². The van der Waals surface area contributed by atoms with Crippen LogP contribution in [0.1, 0.15) is 12.0 Å². The van der Waals surface area contributed by atoms with Gasteiger partial charge < -0.3 is 16.2 Å². The number of benzene rings is 1. The lowest BCUT2D eigenvalue weighted by Crippen LogP contribution is -2.31. The molecule has 1 unspecified atom stereocenters. The number of aliphatic hydroxyl groups is 1. The van der Waals surface area contributed by atoms with Crippen LogP contribution in [0.4, 0.5) is 5.69 Å². The lowest BCUT2D eigenvalue weighted by molar-refractivity contribution is -0.117. The van der Waals surface area contributed by atoms with E-state index >= 15 is 0 Å². The van der Waals surface area contributed by atoms with Crippen molar-refractivity contribution in [1.82, 2.24) is 4.90 Å². The first-order chi connectivity index (χ1) is 9.21. The molecule has 1 aliphatic rings. The molecule has 1 saturated heterocycles. The predicted octanol–water partition coefficient (Wildman–Crippen LogP) is 0.398. The molecule has 0 aromatic heterocycles. The van der Waals surface area contributed by atoms with E-state index in [2.05, 4.69) is 10.2 Å². The van der Waals surface area contributed by atoms with Crippen LogP contribution in [0.2, 0.25) is 0 Å². The van der Waals surface area contributed by atoms with Crippen LogP contribution in [-0.2, 0) is 11.3 Å². The van der Waals surface area contributed by atoms with E-state index in [1.807, 2.05) is 24.3 Å². The molecule has 2 rings (SSSR count). The van der Waals surface area contributed by atoms with Gasteiger partial charge in [-0.25, -0.2) is 0 Å². The molecule has 1 aromatic rings. The lowest BCUT2D eigenvalue weighted by atomic mass is 10.1. The highest BCUT2D eigenvalue weighted by molar-refractivity contribution is 5.92. The Bertz CT molecular complexity index is 436. The summed E-state index contributed by atoms with van der Waals surface area (Å²) in [6.45, 7) is 2.72. The van der Waals surface area contributed by atoms with E-state index in [1.165, 1.54) is 0 Å². The Morgan fingerprint density at radius 3 is 3.05 bits per heavy atom. The third-order valence-electron chi connectivity index (χ3n) is 3.44. The molecule has 104 valence electrons. The van der Waals surface area contributed by atoms with Crippen molar-refractivity contribution in [3.05, 3.63) is 29.8 Å². The smallest absolute Gasteiger partial charge is 0.238 e. The van der Waals surface area contributed by atoms with Gasteiger partial charge in [0.25, 0.3) is 0 Å². The fraction of sp³-hybridized carbons (Fsp3) is 0.500. The highest BCUT2D eigenvalue weighted by Gasteiger charge is 2.23. The summed E-state index contributed by atoms with van der Waals surface area (Å²) in [5.74, 6) is 0.293. The van der Waals surface area contributed by atoms with Crippen molar-refractivity contribution in [2.45, 2.75) is 13.0 Å². The number of nitrogens with two attached hydrogens (primary N) is 1. The highest BCUT2D eigenvalue weighted by Crippen LogP contribution is 2.15. The second kappa shape index (κ2) is 6.65. The summed E-state index contributed by atoms with van der Waals surface area (Å²) in [5, 5.41) is 11.9. The number of amides is 1. The van der Waals surface area contributed by atoms with Crippen molar-refractivity contribution in [1.29, 1.82) is 0 Å². The minimum atomic E-state index is -0.0206. The number of hydrogen-bond donors (Lipinski definition) is 3. The van der Waals surface area contributed by atoms with E-state index in [0.717, 1.165) is 30.8 Å². The SMILES string of the molecule is NCc1cccc(NC(=O)CN2CCC(CO)C2)c1. The van der Waals surface area contributed by atoms with Crippen LogP contribution in [0, 0.1) is 5.92 Å². The van der Waals surface area contributed by atoms with Crippen molar-refractivity contribution in [3.8, 4) is 0 Å². The predicted molar refractivity (Wildman–Crippen MR) is 74.6 cm³/mol. The van der Waals surface area contributed by atoms with Crippen molar-refractivity contribution < 1.29 is 9.90 Å². The summed E-state index contributed by atoms with van der Waals surface area (Å²) in [7, 11) is 0. The van der Waals surface area contributed by atoms with Gasteiger partial charge >= 0.3 is 0 Å². The second-order valence-corrected chi connectivity index (χ2v) is 5.03. The third kappa shape index (κ3) is 4.02. The largest absolute Gasteiger partial charge is 0.396 e. The zero-order valence-corrected chi connectivity index (χ0v) is 11.0. The van der Waals surface area contributed by atoms with E-state index in [1.54, 1.807) is 0 Å². The Morgan fingerprint density at radius 2 is 2.37 bits per heavy atom. The minimum Gasteiger partial charge on any atom is -0.396 e. The van der Waals surface area contributed by atoms with Crippen LogP contribution >= 0.6 is 0 Å². The first kappa shape index (κ1) is 14.0. The molecule has 4 N–H and O–H groups in total. The van der Waals surface area contributed by atoms with Gasteiger partial charge in [0.1, 0.15) is 0 Å². The molecule has 1 amide bonds. The van der Waals surface area contributed by atoms with Crippen molar-refractivity contribution >= 4 is 11.6 Å². The Hall–Kier alpha value is -1.43. The van der Waals surface area contributed by atoms with Gasteiger partial charge in [0.05, 0.1) is 6.54 Å². The molecule has 0 radical (unpaired) electrons. The number of carbonyl (C=O) groups excluding carboxylic acids is 1. The topological polar surface area (TPSA) is 78.6 Å². The number of nitrogens with zero attached hydrogens (tertiary/aromatic N) is 1. The molecule has 0 spiro atoms. The number of rotatable bonds is 5. The van der Waals surface area contributed by atoms with Gasteiger partial charge in [-0.1, -0.05) is 12.1 Å². The average molecular weight is 263 g/mol. The molecule has 1 aliphatic heterocycles. The van der Waals surface area contributed by atoms with E-state index in [-0.39, 0.29) is 12.5 Å². The third-order valence-corrected chi connectivity index (χ3v) is 3.44. The van der Waals surface area contributed by atoms with E-state index < -0.39 is 0 Å². The van der Waals surface area contributed by atoms with E-state index in [4.69, 9.17) is 10.8 Å². The van der Waals surface area contributed by atoms with E-state index in [9.17, 15) is 4.79 Å². The standard InChI is InChI=1S/C14H21N3O2/c15-7-11-2-1-3-13(6-11)16-14(19)9-17-5-4-12(8-17)10-18/h1-3,6,12,18H,4-5,7-10,15H2,(H,16,19). The summed E-state index contributed by atoms with van der Waals surface area (Å²) >= 11 is 0. The normalized spacial score (nSPS) is 19.6. The van der Waals surface area contributed by atoms with Gasteiger partial charge in [0.2, 0.25) is 5.91 Å². The van der Waals surface area contributed by atoms with Gasteiger partial charge in [0, 0.05) is 25.4 Å². The number of likely N-dealkylation sites (tertiary alicyclic amines) is 1. The monoisotopic (exact) mass is 263 g/mol. The van der Waals surface area contributed by atoms with Crippen LogP contribution in [0.5, 0.6) is 0 Å². The van der Waals surface area contributed by atoms with Gasteiger partial charge in [-0.15, -0.1) is 0 Å². The Balaban J connectivity index is 1.84. The fourth-order valence-electron chi connectivity index (χ4n) is 2.39. The Morgan fingerprint density at radius 1 is 1.53 bits per heavy atom. The maximum atomic E-state index is 11.9. The molecule has 1 atom stereocenters. The molecule has 0 aliphatic carbocycles. The first-order valence-corrected chi connectivity index (χ1v) is 6.63. The molecular formula is C14H21N3O2. The minimum absolute atomic E-state index is 0.0206. The van der Waals surface area contributed by atoms with Gasteiger partial charge in [0.15, 0.2) is 0 Å². The molecule has 1 aromatic carbocycles. The molecular weight excluding hydrogens is 242 g/mol. The Labute approximate surface area is 113 Å². The van der Waals surface area contributed by atoms with Crippen molar-refractivity contribution in [2.75, 3.05) is 31.6 Å². The summed E-state index contributed by atoms with van der Waals surface area (Å²) < 4.78 is 0. The maximum Gasteiger partial charge on any atom is 0.238 e. The summed E-state index contributed by atoms with van der Waals surface area (Å²) in [4.78, 5) is 14.0. The van der Waals surface area contributed by atoms with Gasteiger partial charge in [-0.2, -0.15) is 0 Å². The average Bonchev–Trinajstić information content (AvgIpc) is 2.86. The lowest BCUT2D eigenvalue weighted by Gasteiger charge is -2.15. The summed E-state index contributed by atoms with van der Waals surface area (Å²) in [5.41, 5.74) is 7.35.